The number of carbonyl (C=O) groups excluding carboxylic acids is 1. The maximum Gasteiger partial charge on any atom is 0.233 e. The highest BCUT2D eigenvalue weighted by molar-refractivity contribution is 7.99. The van der Waals surface area contributed by atoms with Gasteiger partial charge in [0.2, 0.25) is 11.7 Å². The van der Waals surface area contributed by atoms with Crippen molar-refractivity contribution < 1.29 is 9.21 Å². The molecule has 5 rings (SSSR count). The fourth-order valence-corrected chi connectivity index (χ4v) is 4.76. The van der Waals surface area contributed by atoms with Crippen LogP contribution in [0.3, 0.4) is 0 Å². The van der Waals surface area contributed by atoms with Crippen molar-refractivity contribution in [3.8, 4) is 17.3 Å². The molecule has 0 unspecified atom stereocenters. The van der Waals surface area contributed by atoms with Crippen LogP contribution in [-0.2, 0) is 4.79 Å². The van der Waals surface area contributed by atoms with Gasteiger partial charge in [-0.25, -0.2) is 0 Å². The van der Waals surface area contributed by atoms with Crippen LogP contribution < -0.4 is 0 Å². The minimum atomic E-state index is 0.157. The number of rotatable bonds is 5. The molecule has 3 heterocycles. The molecule has 0 spiro atoms. The van der Waals surface area contributed by atoms with Crippen LogP contribution in [0.5, 0.6) is 0 Å². The van der Waals surface area contributed by atoms with Crippen LogP contribution in [0.15, 0.2) is 70.2 Å². The van der Waals surface area contributed by atoms with E-state index in [1.54, 1.807) is 0 Å². The minimum absolute atomic E-state index is 0.157. The summed E-state index contributed by atoms with van der Waals surface area (Å²) in [5.41, 5.74) is 1.74. The number of amides is 1. The average Bonchev–Trinajstić information content (AvgIpc) is 3.42. The zero-order chi connectivity index (χ0) is 21.2. The summed E-state index contributed by atoms with van der Waals surface area (Å²) < 4.78 is 8.02. The second-order valence-electron chi connectivity index (χ2n) is 7.98. The van der Waals surface area contributed by atoms with E-state index in [9.17, 15) is 4.79 Å². The molecule has 0 atom stereocenters. The Hall–Kier alpha value is -3.06. The number of nitrogens with zero attached hydrogens (tertiary/aromatic N) is 4. The summed E-state index contributed by atoms with van der Waals surface area (Å²) in [5.74, 6) is 2.48. The molecule has 0 aliphatic carbocycles. The molecule has 1 aliphatic rings. The van der Waals surface area contributed by atoms with Gasteiger partial charge in [-0.3, -0.25) is 9.36 Å². The zero-order valence-corrected chi connectivity index (χ0v) is 18.2. The quantitative estimate of drug-likeness (QED) is 0.414. The van der Waals surface area contributed by atoms with E-state index in [0.717, 1.165) is 42.6 Å². The lowest BCUT2D eigenvalue weighted by atomic mass is 9.99. The maximum absolute atomic E-state index is 12.7. The van der Waals surface area contributed by atoms with E-state index in [2.05, 4.69) is 17.1 Å². The number of likely N-dealkylation sites (tertiary alicyclic amines) is 1. The number of carbonyl (C=O) groups is 1. The second-order valence-corrected chi connectivity index (χ2v) is 8.92. The Kier molecular flexibility index (Phi) is 5.51. The van der Waals surface area contributed by atoms with Crippen LogP contribution in [0, 0.1) is 5.92 Å². The van der Waals surface area contributed by atoms with E-state index in [0.29, 0.717) is 28.4 Å². The molecule has 6 nitrogen and oxygen atoms in total. The molecule has 1 saturated heterocycles. The third-order valence-corrected chi connectivity index (χ3v) is 6.67. The van der Waals surface area contributed by atoms with Crippen LogP contribution in [0.25, 0.3) is 28.2 Å². The predicted molar refractivity (Wildman–Crippen MR) is 122 cm³/mol. The van der Waals surface area contributed by atoms with Gasteiger partial charge in [-0.2, -0.15) is 0 Å². The molecule has 31 heavy (non-hydrogen) atoms. The highest BCUT2D eigenvalue weighted by Crippen LogP contribution is 2.32. The number of para-hydroxylation sites is 2. The Labute approximate surface area is 185 Å². The van der Waals surface area contributed by atoms with E-state index in [-0.39, 0.29) is 5.91 Å². The van der Waals surface area contributed by atoms with Gasteiger partial charge in [-0.1, -0.05) is 55.1 Å². The molecule has 0 saturated carbocycles. The Balaban J connectivity index is 1.44. The number of thioether (sulfide) groups is 1. The monoisotopic (exact) mass is 432 g/mol. The summed E-state index contributed by atoms with van der Waals surface area (Å²) >= 11 is 1.42. The molecule has 1 fully saturated rings. The van der Waals surface area contributed by atoms with Crippen molar-refractivity contribution >= 4 is 28.6 Å². The van der Waals surface area contributed by atoms with E-state index >= 15 is 0 Å². The smallest absolute Gasteiger partial charge is 0.233 e. The molecule has 0 radical (unpaired) electrons. The Bertz CT molecular complexity index is 1160. The van der Waals surface area contributed by atoms with Crippen molar-refractivity contribution in [3.63, 3.8) is 0 Å². The summed E-state index contributed by atoms with van der Waals surface area (Å²) in [6.45, 7) is 3.94. The van der Waals surface area contributed by atoms with Crippen LogP contribution >= 0.6 is 11.8 Å². The lowest BCUT2D eigenvalue weighted by molar-refractivity contribution is -0.129. The summed E-state index contributed by atoms with van der Waals surface area (Å²) in [6, 6.07) is 19.8. The van der Waals surface area contributed by atoms with Crippen LogP contribution in [0.4, 0.5) is 0 Å². The maximum atomic E-state index is 12.7. The fourth-order valence-electron chi connectivity index (χ4n) is 3.90. The molecule has 2 aromatic carbocycles. The average molecular weight is 433 g/mol. The third kappa shape index (κ3) is 4.10. The predicted octanol–water partition coefficient (Wildman–Crippen LogP) is 5.03. The van der Waals surface area contributed by atoms with Gasteiger partial charge in [-0.15, -0.1) is 10.2 Å². The number of hydrogen-bond acceptors (Lipinski definition) is 5. The highest BCUT2D eigenvalue weighted by atomic mass is 32.2. The van der Waals surface area contributed by atoms with E-state index in [1.165, 1.54) is 11.8 Å². The summed E-state index contributed by atoms with van der Waals surface area (Å²) in [4.78, 5) is 14.7. The largest absolute Gasteiger partial charge is 0.453 e. The lowest BCUT2D eigenvalue weighted by Crippen LogP contribution is -2.38. The number of furan rings is 1. The molecule has 1 amide bonds. The first-order valence-corrected chi connectivity index (χ1v) is 11.6. The second kappa shape index (κ2) is 8.59. The number of aromatic nitrogens is 3. The van der Waals surface area contributed by atoms with Gasteiger partial charge in [0.15, 0.2) is 10.9 Å². The van der Waals surface area contributed by atoms with Gasteiger partial charge in [-0.05, 0) is 43.0 Å². The van der Waals surface area contributed by atoms with Crippen molar-refractivity contribution in [2.24, 2.45) is 5.92 Å². The highest BCUT2D eigenvalue weighted by Gasteiger charge is 2.23. The molecule has 0 bridgehead atoms. The van der Waals surface area contributed by atoms with Gasteiger partial charge >= 0.3 is 0 Å². The summed E-state index contributed by atoms with van der Waals surface area (Å²) in [5, 5.41) is 10.5. The first-order valence-electron chi connectivity index (χ1n) is 10.6. The van der Waals surface area contributed by atoms with Crippen LogP contribution in [0.1, 0.15) is 19.8 Å². The van der Waals surface area contributed by atoms with Gasteiger partial charge < -0.3 is 9.32 Å². The molecule has 2 aromatic heterocycles. The first kappa shape index (κ1) is 19.9. The third-order valence-electron chi connectivity index (χ3n) is 5.75. The Morgan fingerprint density at radius 2 is 1.81 bits per heavy atom. The molecule has 158 valence electrons. The molecular formula is C24H24N4O2S. The SMILES string of the molecule is CC1CCN(C(=O)CSc2nnc(-c3cc4ccccc4o3)n2-c2ccccc2)CC1. The normalized spacial score (nSPS) is 14.9. The van der Waals surface area contributed by atoms with Crippen molar-refractivity contribution in [2.75, 3.05) is 18.8 Å². The molecule has 1 aliphatic heterocycles. The number of piperidine rings is 1. The topological polar surface area (TPSA) is 64.2 Å². The molecule has 0 N–H and O–H groups in total. The van der Waals surface area contributed by atoms with Crippen molar-refractivity contribution in [1.82, 2.24) is 19.7 Å². The van der Waals surface area contributed by atoms with E-state index in [4.69, 9.17) is 4.42 Å². The number of hydrogen-bond donors (Lipinski definition) is 0. The summed E-state index contributed by atoms with van der Waals surface area (Å²) in [6.07, 6.45) is 2.15. The lowest BCUT2D eigenvalue weighted by Gasteiger charge is -2.30. The van der Waals surface area contributed by atoms with Crippen LogP contribution in [-0.4, -0.2) is 44.4 Å². The van der Waals surface area contributed by atoms with Crippen molar-refractivity contribution in [1.29, 1.82) is 0 Å². The van der Waals surface area contributed by atoms with E-state index < -0.39 is 0 Å². The van der Waals surface area contributed by atoms with Crippen molar-refractivity contribution in [3.05, 3.63) is 60.7 Å². The van der Waals surface area contributed by atoms with Gasteiger partial charge in [0, 0.05) is 24.2 Å². The van der Waals surface area contributed by atoms with Crippen LogP contribution in [0.2, 0.25) is 0 Å². The first-order chi connectivity index (χ1) is 15.2. The number of fused-ring (bicyclic) bond motifs is 1. The number of benzene rings is 2. The van der Waals surface area contributed by atoms with E-state index in [1.807, 2.05) is 70.1 Å². The Morgan fingerprint density at radius 1 is 1.06 bits per heavy atom. The van der Waals surface area contributed by atoms with Gasteiger partial charge in [0.25, 0.3) is 0 Å². The zero-order valence-electron chi connectivity index (χ0n) is 17.4. The molecule has 7 heteroatoms. The van der Waals surface area contributed by atoms with Gasteiger partial charge in [0.1, 0.15) is 5.58 Å². The fraction of sp³-hybridized carbons (Fsp3) is 0.292. The minimum Gasteiger partial charge on any atom is -0.453 e. The molecule has 4 aromatic rings. The standard InChI is InChI=1S/C24H24N4O2S/c1-17-11-13-27(14-12-17)22(29)16-31-24-26-25-23(28(24)19-8-3-2-4-9-19)21-15-18-7-5-6-10-20(18)30-21/h2-10,15,17H,11-14,16H2,1H3. The van der Waals surface area contributed by atoms with Gasteiger partial charge in [0.05, 0.1) is 5.75 Å². The summed E-state index contributed by atoms with van der Waals surface area (Å²) in [7, 11) is 0. The Morgan fingerprint density at radius 3 is 2.58 bits per heavy atom. The molecular weight excluding hydrogens is 408 g/mol. The van der Waals surface area contributed by atoms with Crippen molar-refractivity contribution in [2.45, 2.75) is 24.9 Å².